The monoisotopic (exact) mass is 522 g/mol. The molecular formula is C21H19BrN2O9. The van der Waals surface area contributed by atoms with Crippen LogP contribution in [0, 0.1) is 0 Å². The van der Waals surface area contributed by atoms with Crippen LogP contribution in [0.15, 0.2) is 38.9 Å². The van der Waals surface area contributed by atoms with Gasteiger partial charge in [-0.15, -0.1) is 0 Å². The Labute approximate surface area is 196 Å². The molecule has 0 unspecified atom stereocenters. The number of hydrogen-bond acceptors (Lipinski definition) is 8. The number of nitrogens with zero attached hydrogens (tertiary/aromatic N) is 1. The van der Waals surface area contributed by atoms with Gasteiger partial charge in [0.2, 0.25) is 5.76 Å². The molecule has 174 valence electrons. The molecule has 2 aromatic rings. The fourth-order valence-corrected chi connectivity index (χ4v) is 3.36. The van der Waals surface area contributed by atoms with Crippen LogP contribution in [0.3, 0.4) is 0 Å². The number of benzene rings is 1. The molecule has 0 aliphatic carbocycles. The van der Waals surface area contributed by atoms with Gasteiger partial charge in [-0.3, -0.25) is 9.69 Å². The number of methoxy groups -OCH3 is 2. The molecule has 12 heteroatoms. The van der Waals surface area contributed by atoms with Gasteiger partial charge in [-0.2, -0.15) is 0 Å². The molecule has 0 spiro atoms. The van der Waals surface area contributed by atoms with Crippen LogP contribution in [0.25, 0.3) is 6.08 Å². The number of amides is 3. The lowest BCUT2D eigenvalue weighted by molar-refractivity contribution is -0.144. The van der Waals surface area contributed by atoms with E-state index in [-0.39, 0.29) is 35.3 Å². The number of furan rings is 1. The van der Waals surface area contributed by atoms with E-state index in [1.165, 1.54) is 39.4 Å². The first-order valence-electron chi connectivity index (χ1n) is 9.43. The van der Waals surface area contributed by atoms with Gasteiger partial charge in [0.05, 0.1) is 20.8 Å². The second-order valence-corrected chi connectivity index (χ2v) is 7.68. The fourth-order valence-electron chi connectivity index (χ4n) is 2.90. The maximum atomic E-state index is 12.9. The Hall–Kier alpha value is -3.80. The molecule has 1 aliphatic heterocycles. The van der Waals surface area contributed by atoms with Crippen LogP contribution in [-0.2, 0) is 20.9 Å². The second-order valence-electron chi connectivity index (χ2n) is 6.76. The summed E-state index contributed by atoms with van der Waals surface area (Å²) in [5.41, 5.74) is 0.221. The Bertz CT molecular complexity index is 1150. The molecule has 11 nitrogen and oxygen atoms in total. The Morgan fingerprint density at radius 1 is 1.27 bits per heavy atom. The van der Waals surface area contributed by atoms with E-state index in [4.69, 9.17) is 13.9 Å². The molecule has 1 fully saturated rings. The van der Waals surface area contributed by atoms with Gasteiger partial charge in [-0.05, 0) is 37.3 Å². The number of imide groups is 1. The minimum atomic E-state index is -1.20. The number of carbonyl (C=O) groups is 4. The van der Waals surface area contributed by atoms with Gasteiger partial charge in [0, 0.05) is 10.0 Å². The van der Waals surface area contributed by atoms with Crippen molar-refractivity contribution in [2.45, 2.75) is 19.6 Å². The van der Waals surface area contributed by atoms with Gasteiger partial charge in [-0.1, -0.05) is 15.9 Å². The number of halogens is 1. The van der Waals surface area contributed by atoms with E-state index in [0.29, 0.717) is 10.0 Å². The molecule has 1 aliphatic rings. The van der Waals surface area contributed by atoms with Crippen molar-refractivity contribution in [1.82, 2.24) is 10.2 Å². The van der Waals surface area contributed by atoms with Gasteiger partial charge in [0.1, 0.15) is 11.5 Å². The molecule has 0 bridgehead atoms. The van der Waals surface area contributed by atoms with E-state index in [0.717, 1.165) is 4.90 Å². The normalized spacial score (nSPS) is 15.4. The van der Waals surface area contributed by atoms with Crippen LogP contribution in [0.2, 0.25) is 0 Å². The number of carboxylic acid groups (broad SMARTS) is 1. The van der Waals surface area contributed by atoms with Gasteiger partial charge < -0.3 is 29.1 Å². The summed E-state index contributed by atoms with van der Waals surface area (Å²) in [6.07, 6.45) is 0.143. The number of esters is 1. The SMILES string of the molecule is COC(=O)c1ccc(CN2C(=O)N/C(=C/c3cc(Br)cc(OC)c3O[C@@H](C)C(=O)O)C2=O)o1. The van der Waals surface area contributed by atoms with Gasteiger partial charge >= 0.3 is 18.0 Å². The van der Waals surface area contributed by atoms with Crippen molar-refractivity contribution >= 4 is 45.9 Å². The number of hydrogen-bond donors (Lipinski definition) is 2. The van der Waals surface area contributed by atoms with E-state index >= 15 is 0 Å². The maximum absolute atomic E-state index is 12.9. The third-order valence-electron chi connectivity index (χ3n) is 4.53. The first-order chi connectivity index (χ1) is 15.6. The summed E-state index contributed by atoms with van der Waals surface area (Å²) in [6, 6.07) is 5.27. The molecule has 0 radical (unpaired) electrons. The van der Waals surface area contributed by atoms with Crippen molar-refractivity contribution in [3.8, 4) is 11.5 Å². The summed E-state index contributed by atoms with van der Waals surface area (Å²) in [5, 5.41) is 11.7. The van der Waals surface area contributed by atoms with Crippen molar-refractivity contribution in [3.63, 3.8) is 0 Å². The zero-order chi connectivity index (χ0) is 24.3. The maximum Gasteiger partial charge on any atom is 0.373 e. The number of carboxylic acids is 1. The number of aliphatic carboxylic acids is 1. The summed E-state index contributed by atoms with van der Waals surface area (Å²) < 4.78 is 21.3. The minimum absolute atomic E-state index is 0.0640. The van der Waals surface area contributed by atoms with Crippen LogP contribution >= 0.6 is 15.9 Å². The van der Waals surface area contributed by atoms with Crippen molar-refractivity contribution < 1.29 is 42.9 Å². The average Bonchev–Trinajstić information content (AvgIpc) is 3.35. The quantitative estimate of drug-likeness (QED) is 0.303. The van der Waals surface area contributed by atoms with Crippen molar-refractivity contribution in [3.05, 3.63) is 51.5 Å². The van der Waals surface area contributed by atoms with Crippen molar-refractivity contribution in [2.75, 3.05) is 14.2 Å². The van der Waals surface area contributed by atoms with Crippen LogP contribution in [-0.4, -0.2) is 54.2 Å². The molecule has 0 saturated carbocycles. The smallest absolute Gasteiger partial charge is 0.373 e. The standard InChI is InChI=1S/C21H19BrN2O9/c1-10(19(26)27)32-17-11(6-12(22)8-16(17)30-2)7-14-18(25)24(21(29)23-14)9-13-4-5-15(33-13)20(28)31-3/h4-8,10H,9H2,1-3H3,(H,23,29)(H,26,27)/b14-7+/t10-/m0/s1. The molecule has 33 heavy (non-hydrogen) atoms. The fraction of sp³-hybridized carbons (Fsp3) is 0.238. The molecular weight excluding hydrogens is 504 g/mol. The largest absolute Gasteiger partial charge is 0.493 e. The topological polar surface area (TPSA) is 145 Å². The molecule has 3 amide bonds. The van der Waals surface area contributed by atoms with Gasteiger partial charge in [0.15, 0.2) is 17.6 Å². The average molecular weight is 523 g/mol. The predicted molar refractivity (Wildman–Crippen MR) is 116 cm³/mol. The van der Waals surface area contributed by atoms with E-state index < -0.39 is 30.0 Å². The molecule has 1 aromatic carbocycles. The number of urea groups is 1. The van der Waals surface area contributed by atoms with E-state index in [2.05, 4.69) is 26.0 Å². The van der Waals surface area contributed by atoms with E-state index in [1.807, 2.05) is 0 Å². The summed E-state index contributed by atoms with van der Waals surface area (Å²) in [5.74, 6) is -2.10. The number of nitrogens with one attached hydrogen (secondary N) is 1. The van der Waals surface area contributed by atoms with Crippen molar-refractivity contribution in [1.29, 1.82) is 0 Å². The summed E-state index contributed by atoms with van der Waals surface area (Å²) in [4.78, 5) is 48.9. The summed E-state index contributed by atoms with van der Waals surface area (Å²) in [7, 11) is 2.58. The highest BCUT2D eigenvalue weighted by Gasteiger charge is 2.35. The molecule has 2 N–H and O–H groups in total. The summed E-state index contributed by atoms with van der Waals surface area (Å²) >= 11 is 3.32. The third kappa shape index (κ3) is 5.17. The van der Waals surface area contributed by atoms with Crippen LogP contribution < -0.4 is 14.8 Å². The lowest BCUT2D eigenvalue weighted by Gasteiger charge is -2.17. The lowest BCUT2D eigenvalue weighted by Crippen LogP contribution is -2.30. The Kier molecular flexibility index (Phi) is 7.07. The second kappa shape index (κ2) is 9.77. The Morgan fingerprint density at radius 3 is 2.64 bits per heavy atom. The zero-order valence-corrected chi connectivity index (χ0v) is 19.3. The minimum Gasteiger partial charge on any atom is -0.493 e. The molecule has 2 heterocycles. The Morgan fingerprint density at radius 2 is 2.00 bits per heavy atom. The number of ether oxygens (including phenoxy) is 3. The van der Waals surface area contributed by atoms with Crippen LogP contribution in [0.5, 0.6) is 11.5 Å². The van der Waals surface area contributed by atoms with E-state index in [9.17, 15) is 24.3 Å². The van der Waals surface area contributed by atoms with Crippen LogP contribution in [0.1, 0.15) is 28.8 Å². The van der Waals surface area contributed by atoms with Crippen LogP contribution in [0.4, 0.5) is 4.79 Å². The highest BCUT2D eigenvalue weighted by molar-refractivity contribution is 9.10. The first kappa shape index (κ1) is 23.9. The third-order valence-corrected chi connectivity index (χ3v) is 4.99. The number of carbonyl (C=O) groups excluding carboxylic acids is 3. The van der Waals surface area contributed by atoms with Gasteiger partial charge in [0.25, 0.3) is 5.91 Å². The van der Waals surface area contributed by atoms with Crippen molar-refractivity contribution in [2.24, 2.45) is 0 Å². The summed E-state index contributed by atoms with van der Waals surface area (Å²) in [6.45, 7) is 1.12. The van der Waals surface area contributed by atoms with Gasteiger partial charge in [-0.25, -0.2) is 14.4 Å². The van der Waals surface area contributed by atoms with E-state index in [1.54, 1.807) is 12.1 Å². The highest BCUT2D eigenvalue weighted by Crippen LogP contribution is 2.37. The zero-order valence-electron chi connectivity index (χ0n) is 17.7. The highest BCUT2D eigenvalue weighted by atomic mass is 79.9. The molecule has 1 aromatic heterocycles. The molecule has 1 atom stereocenters. The molecule has 3 rings (SSSR count). The molecule has 1 saturated heterocycles. The lowest BCUT2D eigenvalue weighted by atomic mass is 10.1. The predicted octanol–water partition coefficient (Wildman–Crippen LogP) is 2.78. The Balaban J connectivity index is 1.91. The first-order valence-corrected chi connectivity index (χ1v) is 10.2. The number of rotatable bonds is 8.